The van der Waals surface area contributed by atoms with Crippen LogP contribution in [0.4, 0.5) is 10.1 Å². The summed E-state index contributed by atoms with van der Waals surface area (Å²) in [4.78, 5) is -0.195. The molecule has 5 nitrogen and oxygen atoms in total. The molecule has 2 rings (SSSR count). The highest BCUT2D eigenvalue weighted by Gasteiger charge is 2.35. The summed E-state index contributed by atoms with van der Waals surface area (Å²) in [5.74, 6) is -0.698. The summed E-state index contributed by atoms with van der Waals surface area (Å²) in [6, 6.07) is 3.21. The first-order chi connectivity index (χ1) is 9.23. The second-order valence-electron chi connectivity index (χ2n) is 5.41. The van der Waals surface area contributed by atoms with E-state index in [0.717, 1.165) is 29.3 Å². The lowest BCUT2D eigenvalue weighted by Crippen LogP contribution is -2.42. The molecule has 0 radical (unpaired) electrons. The van der Waals surface area contributed by atoms with E-state index in [1.165, 1.54) is 13.1 Å². The summed E-state index contributed by atoms with van der Waals surface area (Å²) in [5.41, 5.74) is 4.54. The molecule has 0 bridgehead atoms. The molecule has 3 N–H and O–H groups in total. The molecule has 1 aromatic rings. The van der Waals surface area contributed by atoms with Crippen molar-refractivity contribution in [3.63, 3.8) is 0 Å². The van der Waals surface area contributed by atoms with Gasteiger partial charge in [0.1, 0.15) is 5.82 Å². The Hall–Kier alpha value is -1.18. The van der Waals surface area contributed by atoms with Gasteiger partial charge in [0, 0.05) is 19.3 Å². The Morgan fingerprint density at radius 2 is 1.95 bits per heavy atom. The minimum absolute atomic E-state index is 0.00571. The lowest BCUT2D eigenvalue weighted by Gasteiger charge is -2.28. The van der Waals surface area contributed by atoms with Crippen LogP contribution in [0.5, 0.6) is 0 Å². The van der Waals surface area contributed by atoms with Crippen LogP contribution in [0.2, 0.25) is 0 Å². The largest absolute Gasteiger partial charge is 0.399 e. The lowest BCUT2D eigenvalue weighted by atomic mass is 10.0. The summed E-state index contributed by atoms with van der Waals surface area (Å²) in [7, 11) is -2.47. The van der Waals surface area contributed by atoms with Crippen molar-refractivity contribution >= 4 is 15.7 Å². The van der Waals surface area contributed by atoms with Gasteiger partial charge in [0.2, 0.25) is 10.0 Å². The predicted octanol–water partition coefficient (Wildman–Crippen LogP) is 1.33. The van der Waals surface area contributed by atoms with Crippen molar-refractivity contribution in [3.8, 4) is 0 Å². The normalized spacial score (nSPS) is 18.6. The van der Waals surface area contributed by atoms with Crippen molar-refractivity contribution in [2.45, 2.75) is 36.2 Å². The Morgan fingerprint density at radius 1 is 1.35 bits per heavy atom. The smallest absolute Gasteiger partial charge is 0.243 e. The van der Waals surface area contributed by atoms with E-state index in [0.29, 0.717) is 12.8 Å². The van der Waals surface area contributed by atoms with Crippen molar-refractivity contribution < 1.29 is 17.9 Å². The van der Waals surface area contributed by atoms with E-state index in [9.17, 15) is 17.9 Å². The van der Waals surface area contributed by atoms with Gasteiger partial charge in [-0.25, -0.2) is 12.8 Å². The van der Waals surface area contributed by atoms with Crippen molar-refractivity contribution in [2.24, 2.45) is 0 Å². The number of sulfonamides is 1. The zero-order valence-corrected chi connectivity index (χ0v) is 12.2. The Morgan fingerprint density at radius 3 is 2.50 bits per heavy atom. The first-order valence-corrected chi connectivity index (χ1v) is 7.92. The maximum Gasteiger partial charge on any atom is 0.243 e. The minimum Gasteiger partial charge on any atom is -0.399 e. The fourth-order valence-electron chi connectivity index (χ4n) is 2.60. The van der Waals surface area contributed by atoms with E-state index >= 15 is 0 Å². The maximum atomic E-state index is 13.3. The second kappa shape index (κ2) is 5.31. The first kappa shape index (κ1) is 15.2. The molecule has 0 unspecified atom stereocenters. The molecule has 1 aromatic carbocycles. The molecule has 1 fully saturated rings. The molecule has 0 aromatic heterocycles. The molecule has 0 heterocycles. The molecule has 0 atom stereocenters. The summed E-state index contributed by atoms with van der Waals surface area (Å²) in [5, 5.41) is 10.3. The maximum absolute atomic E-state index is 13.3. The zero-order chi connectivity index (χ0) is 15.0. The van der Waals surface area contributed by atoms with Crippen molar-refractivity contribution in [1.29, 1.82) is 0 Å². The van der Waals surface area contributed by atoms with Gasteiger partial charge in [-0.2, -0.15) is 4.31 Å². The van der Waals surface area contributed by atoms with Crippen LogP contribution in [0.25, 0.3) is 0 Å². The number of halogens is 1. The van der Waals surface area contributed by atoms with E-state index in [2.05, 4.69) is 0 Å². The van der Waals surface area contributed by atoms with Gasteiger partial charge in [-0.15, -0.1) is 0 Å². The van der Waals surface area contributed by atoms with Gasteiger partial charge in [0.25, 0.3) is 0 Å². The molecule has 1 saturated carbocycles. The molecule has 0 aliphatic heterocycles. The summed E-state index contributed by atoms with van der Waals surface area (Å²) in [6.45, 7) is 0.00571. The van der Waals surface area contributed by atoms with Gasteiger partial charge >= 0.3 is 0 Å². The molecular weight excluding hydrogens is 283 g/mol. The Bertz CT molecular complexity index is 577. The average Bonchev–Trinajstić information content (AvgIpc) is 2.74. The molecule has 0 spiro atoms. The number of rotatable bonds is 4. The Balaban J connectivity index is 2.25. The fraction of sp³-hybridized carbons (Fsp3) is 0.538. The molecule has 0 saturated heterocycles. The summed E-state index contributed by atoms with van der Waals surface area (Å²) >= 11 is 0. The van der Waals surface area contributed by atoms with Gasteiger partial charge in [0.15, 0.2) is 0 Å². The third-order valence-corrected chi connectivity index (χ3v) is 5.43. The third-order valence-electron chi connectivity index (χ3n) is 3.65. The highest BCUT2D eigenvalue weighted by molar-refractivity contribution is 7.89. The molecule has 112 valence electrons. The van der Waals surface area contributed by atoms with Crippen LogP contribution in [-0.4, -0.2) is 37.0 Å². The summed E-state index contributed by atoms with van der Waals surface area (Å²) in [6.07, 6.45) is 2.94. The molecule has 7 heteroatoms. The third kappa shape index (κ3) is 3.11. The number of nitrogens with two attached hydrogens (primary N) is 1. The van der Waals surface area contributed by atoms with Crippen LogP contribution >= 0.6 is 0 Å². The van der Waals surface area contributed by atoms with E-state index in [1.54, 1.807) is 0 Å². The molecule has 1 aliphatic rings. The number of anilines is 1. The molecule has 20 heavy (non-hydrogen) atoms. The highest BCUT2D eigenvalue weighted by atomic mass is 32.2. The van der Waals surface area contributed by atoms with Crippen LogP contribution in [0.3, 0.4) is 0 Å². The van der Waals surface area contributed by atoms with Gasteiger partial charge in [0.05, 0.1) is 10.5 Å². The number of hydrogen-bond acceptors (Lipinski definition) is 4. The predicted molar refractivity (Wildman–Crippen MR) is 74.0 cm³/mol. The fourth-order valence-corrected chi connectivity index (χ4v) is 3.92. The van der Waals surface area contributed by atoms with Crippen LogP contribution in [0.15, 0.2) is 23.1 Å². The number of hydrogen-bond donors (Lipinski definition) is 2. The van der Waals surface area contributed by atoms with Gasteiger partial charge in [-0.3, -0.25) is 0 Å². The monoisotopic (exact) mass is 302 g/mol. The first-order valence-electron chi connectivity index (χ1n) is 6.48. The van der Waals surface area contributed by atoms with Crippen molar-refractivity contribution in [1.82, 2.24) is 4.31 Å². The quantitative estimate of drug-likeness (QED) is 0.822. The number of nitrogens with zero attached hydrogens (tertiary/aromatic N) is 1. The van der Waals surface area contributed by atoms with Gasteiger partial charge in [-0.05, 0) is 31.0 Å². The van der Waals surface area contributed by atoms with E-state index in [-0.39, 0.29) is 17.1 Å². The van der Waals surface area contributed by atoms with Gasteiger partial charge in [-0.1, -0.05) is 12.8 Å². The number of aliphatic hydroxyl groups is 1. The minimum atomic E-state index is -3.86. The van der Waals surface area contributed by atoms with E-state index in [1.807, 2.05) is 0 Å². The SMILES string of the molecule is CN(CC1(O)CCCC1)S(=O)(=O)c1cc(N)cc(F)c1. The average molecular weight is 302 g/mol. The Labute approximate surface area is 118 Å². The summed E-state index contributed by atoms with van der Waals surface area (Å²) < 4.78 is 39.1. The van der Waals surface area contributed by atoms with E-state index in [4.69, 9.17) is 5.73 Å². The lowest BCUT2D eigenvalue weighted by molar-refractivity contribution is 0.0333. The molecule has 1 aliphatic carbocycles. The number of benzene rings is 1. The van der Waals surface area contributed by atoms with Crippen LogP contribution in [-0.2, 0) is 10.0 Å². The molecule has 0 amide bonds. The van der Waals surface area contributed by atoms with Crippen molar-refractivity contribution in [2.75, 3.05) is 19.3 Å². The zero-order valence-electron chi connectivity index (χ0n) is 11.3. The van der Waals surface area contributed by atoms with Gasteiger partial charge < -0.3 is 10.8 Å². The van der Waals surface area contributed by atoms with Crippen LogP contribution < -0.4 is 5.73 Å². The second-order valence-corrected chi connectivity index (χ2v) is 7.46. The van der Waals surface area contributed by atoms with E-state index < -0.39 is 21.4 Å². The van der Waals surface area contributed by atoms with Crippen molar-refractivity contribution in [3.05, 3.63) is 24.0 Å². The van der Waals surface area contributed by atoms with Crippen LogP contribution in [0.1, 0.15) is 25.7 Å². The van der Waals surface area contributed by atoms with Crippen LogP contribution in [0, 0.1) is 5.82 Å². The Kier molecular flexibility index (Phi) is 4.04. The molecular formula is C13H19FN2O3S. The standard InChI is InChI=1S/C13H19FN2O3S/c1-16(9-13(17)4-2-3-5-13)20(18,19)12-7-10(14)6-11(15)8-12/h6-8,17H,2-5,9,15H2,1H3. The number of nitrogen functional groups attached to an aromatic ring is 1. The topological polar surface area (TPSA) is 83.6 Å². The number of likely N-dealkylation sites (N-methyl/N-ethyl adjacent to an activating group) is 1. The highest BCUT2D eigenvalue weighted by Crippen LogP contribution is 2.31.